The molecule has 0 amide bonds. The van der Waals surface area contributed by atoms with Crippen LogP contribution in [-0.4, -0.2) is 34.7 Å². The Morgan fingerprint density at radius 1 is 1.00 bits per heavy atom. The van der Waals surface area contributed by atoms with Crippen LogP contribution in [0, 0.1) is 23.7 Å². The van der Waals surface area contributed by atoms with E-state index in [4.69, 9.17) is 9.84 Å². The van der Waals surface area contributed by atoms with Gasteiger partial charge in [-0.1, -0.05) is 51.1 Å². The van der Waals surface area contributed by atoms with E-state index in [9.17, 15) is 19.5 Å². The van der Waals surface area contributed by atoms with Gasteiger partial charge in [-0.25, -0.2) is 0 Å². The van der Waals surface area contributed by atoms with Crippen molar-refractivity contribution in [2.45, 2.75) is 33.6 Å². The minimum atomic E-state index is -1.06. The molecule has 0 saturated carbocycles. The summed E-state index contributed by atoms with van der Waals surface area (Å²) in [5.74, 6) is -4.57. The van der Waals surface area contributed by atoms with Crippen LogP contribution in [-0.2, 0) is 25.5 Å². The minimum Gasteiger partial charge on any atom is -0.481 e. The second kappa shape index (κ2) is 9.81. The van der Waals surface area contributed by atoms with Gasteiger partial charge in [0.2, 0.25) is 0 Å². The molecule has 0 aliphatic heterocycles. The Labute approximate surface area is 147 Å². The van der Waals surface area contributed by atoms with Crippen LogP contribution in [0.2, 0.25) is 0 Å². The van der Waals surface area contributed by atoms with Crippen molar-refractivity contribution in [3.05, 3.63) is 35.9 Å². The highest BCUT2D eigenvalue weighted by Gasteiger charge is 2.30. The van der Waals surface area contributed by atoms with Crippen molar-refractivity contribution in [2.24, 2.45) is 23.7 Å². The van der Waals surface area contributed by atoms with Crippen LogP contribution >= 0.6 is 0 Å². The lowest BCUT2D eigenvalue weighted by molar-refractivity contribution is -0.158. The molecule has 0 bridgehead atoms. The van der Waals surface area contributed by atoms with E-state index < -0.39 is 29.7 Å². The average molecular weight is 350 g/mol. The summed E-state index contributed by atoms with van der Waals surface area (Å²) in [4.78, 5) is 34.6. The Kier molecular flexibility index (Phi) is 8.11. The minimum absolute atomic E-state index is 0.0501. The summed E-state index contributed by atoms with van der Waals surface area (Å²) in [6, 6.07) is 9.27. The highest BCUT2D eigenvalue weighted by molar-refractivity contribution is 5.79. The van der Waals surface area contributed by atoms with E-state index in [2.05, 4.69) is 0 Å². The van der Waals surface area contributed by atoms with E-state index >= 15 is 0 Å². The maximum atomic E-state index is 12.1. The van der Waals surface area contributed by atoms with Crippen molar-refractivity contribution in [3.63, 3.8) is 0 Å². The van der Waals surface area contributed by atoms with Crippen molar-refractivity contribution < 1.29 is 29.3 Å². The second-order valence-electron chi connectivity index (χ2n) is 6.69. The van der Waals surface area contributed by atoms with Gasteiger partial charge < -0.3 is 14.9 Å². The molecule has 0 aliphatic rings. The predicted molar refractivity (Wildman–Crippen MR) is 92.0 cm³/mol. The summed E-state index contributed by atoms with van der Waals surface area (Å²) < 4.78 is 5.23. The molecule has 0 heterocycles. The molecule has 1 aromatic rings. The molecule has 0 spiro atoms. The molecule has 3 unspecified atom stereocenters. The number of benzene rings is 1. The summed E-state index contributed by atoms with van der Waals surface area (Å²) >= 11 is 0. The number of carboxylic acid groups (broad SMARTS) is 2. The first-order valence-electron chi connectivity index (χ1n) is 8.37. The maximum Gasteiger partial charge on any atom is 0.309 e. The Morgan fingerprint density at radius 3 is 2.08 bits per heavy atom. The second-order valence-corrected chi connectivity index (χ2v) is 6.69. The van der Waals surface area contributed by atoms with Crippen molar-refractivity contribution in [1.82, 2.24) is 0 Å². The molecule has 0 radical (unpaired) electrons. The summed E-state index contributed by atoms with van der Waals surface area (Å²) in [5.41, 5.74) is 0.902. The molecule has 0 saturated heterocycles. The normalized spacial score (nSPS) is 14.6. The van der Waals surface area contributed by atoms with Crippen LogP contribution in [0.5, 0.6) is 0 Å². The first-order valence-corrected chi connectivity index (χ1v) is 8.37. The number of carboxylic acids is 2. The molecule has 6 heteroatoms. The number of carbonyl (C=O) groups is 3. The number of aliphatic carboxylic acids is 2. The van der Waals surface area contributed by atoms with Gasteiger partial charge in [0.05, 0.1) is 24.9 Å². The number of ether oxygens (including phenoxy) is 1. The number of esters is 1. The van der Waals surface area contributed by atoms with Crippen LogP contribution < -0.4 is 0 Å². The van der Waals surface area contributed by atoms with E-state index in [1.165, 1.54) is 0 Å². The molecule has 2 N–H and O–H groups in total. The van der Waals surface area contributed by atoms with E-state index in [1.54, 1.807) is 20.8 Å². The van der Waals surface area contributed by atoms with Crippen molar-refractivity contribution in [3.8, 4) is 0 Å². The Hall–Kier alpha value is -2.37. The van der Waals surface area contributed by atoms with Gasteiger partial charge >= 0.3 is 17.9 Å². The molecular formula is C19H26O6. The van der Waals surface area contributed by atoms with E-state index in [-0.39, 0.29) is 24.9 Å². The van der Waals surface area contributed by atoms with Crippen LogP contribution in [0.4, 0.5) is 0 Å². The van der Waals surface area contributed by atoms with Gasteiger partial charge in [0, 0.05) is 5.92 Å². The Morgan fingerprint density at radius 2 is 1.60 bits per heavy atom. The third-order valence-electron chi connectivity index (χ3n) is 4.29. The van der Waals surface area contributed by atoms with Gasteiger partial charge in [0.15, 0.2) is 0 Å². The standard InChI is InChI=1S/C19H26O6/c1-12(2)15(10-17(20)21)19(24)25-11-13(3)16(18(22)23)9-14-7-5-4-6-8-14/h4-8,12-13,15-16H,9-11H2,1-3H3,(H,20,21)(H,22,23). The zero-order chi connectivity index (χ0) is 19.0. The van der Waals surface area contributed by atoms with Crippen LogP contribution in [0.1, 0.15) is 32.8 Å². The number of rotatable bonds is 10. The Bertz CT molecular complexity index is 581. The quantitative estimate of drug-likeness (QED) is 0.629. The van der Waals surface area contributed by atoms with E-state index in [0.29, 0.717) is 6.42 Å². The lowest BCUT2D eigenvalue weighted by atomic mass is 9.88. The third kappa shape index (κ3) is 6.95. The molecule has 6 nitrogen and oxygen atoms in total. The Balaban J connectivity index is 2.67. The van der Waals surface area contributed by atoms with E-state index in [1.807, 2.05) is 30.3 Å². The molecule has 138 valence electrons. The maximum absolute atomic E-state index is 12.1. The summed E-state index contributed by atoms with van der Waals surface area (Å²) in [7, 11) is 0. The van der Waals surface area contributed by atoms with Gasteiger partial charge in [0.25, 0.3) is 0 Å². The summed E-state index contributed by atoms with van der Waals surface area (Å²) in [6.07, 6.45) is 0.0505. The van der Waals surface area contributed by atoms with Gasteiger partial charge in [-0.15, -0.1) is 0 Å². The molecule has 0 aromatic heterocycles. The lowest BCUT2D eigenvalue weighted by Gasteiger charge is -2.22. The highest BCUT2D eigenvalue weighted by atomic mass is 16.5. The third-order valence-corrected chi connectivity index (χ3v) is 4.29. The van der Waals surface area contributed by atoms with Gasteiger partial charge in [-0.3, -0.25) is 14.4 Å². The van der Waals surface area contributed by atoms with Gasteiger partial charge in [0.1, 0.15) is 0 Å². The summed E-state index contributed by atoms with van der Waals surface area (Å²) in [5, 5.41) is 18.4. The fourth-order valence-electron chi connectivity index (χ4n) is 2.62. The predicted octanol–water partition coefficient (Wildman–Crippen LogP) is 2.86. The topological polar surface area (TPSA) is 101 Å². The number of carbonyl (C=O) groups excluding carboxylic acids is 1. The van der Waals surface area contributed by atoms with Crippen LogP contribution in [0.3, 0.4) is 0 Å². The van der Waals surface area contributed by atoms with Crippen molar-refractivity contribution in [1.29, 1.82) is 0 Å². The highest BCUT2D eigenvalue weighted by Crippen LogP contribution is 2.21. The van der Waals surface area contributed by atoms with E-state index in [0.717, 1.165) is 5.56 Å². The fourth-order valence-corrected chi connectivity index (χ4v) is 2.62. The molecule has 0 aliphatic carbocycles. The largest absolute Gasteiger partial charge is 0.481 e. The van der Waals surface area contributed by atoms with Gasteiger partial charge in [-0.2, -0.15) is 0 Å². The molecular weight excluding hydrogens is 324 g/mol. The van der Waals surface area contributed by atoms with Crippen LogP contribution in [0.25, 0.3) is 0 Å². The fraction of sp³-hybridized carbons (Fsp3) is 0.526. The summed E-state index contributed by atoms with van der Waals surface area (Å²) in [6.45, 7) is 5.18. The molecule has 1 aromatic carbocycles. The van der Waals surface area contributed by atoms with Crippen LogP contribution in [0.15, 0.2) is 30.3 Å². The average Bonchev–Trinajstić information content (AvgIpc) is 2.55. The molecule has 25 heavy (non-hydrogen) atoms. The lowest BCUT2D eigenvalue weighted by Crippen LogP contribution is -2.31. The monoisotopic (exact) mass is 350 g/mol. The van der Waals surface area contributed by atoms with Crippen molar-refractivity contribution in [2.75, 3.05) is 6.61 Å². The molecule has 0 fully saturated rings. The zero-order valence-electron chi connectivity index (χ0n) is 14.8. The SMILES string of the molecule is CC(C)C(CC(=O)O)C(=O)OCC(C)C(Cc1ccccc1)C(=O)O. The van der Waals surface area contributed by atoms with Crippen molar-refractivity contribution >= 4 is 17.9 Å². The smallest absolute Gasteiger partial charge is 0.309 e. The zero-order valence-corrected chi connectivity index (χ0v) is 14.8. The number of hydrogen-bond acceptors (Lipinski definition) is 4. The molecule has 3 atom stereocenters. The first kappa shape index (κ1) is 20.7. The molecule has 1 rings (SSSR count). The van der Waals surface area contributed by atoms with Gasteiger partial charge in [-0.05, 0) is 17.9 Å². The first-order chi connectivity index (χ1) is 11.7. The number of hydrogen-bond donors (Lipinski definition) is 2.